The number of oxime groups is 1. The molecule has 0 unspecified atom stereocenters. The van der Waals surface area contributed by atoms with Crippen molar-refractivity contribution >= 4 is 28.9 Å². The molecule has 130 valence electrons. The van der Waals surface area contributed by atoms with Crippen LogP contribution in [0.25, 0.3) is 5.69 Å². The van der Waals surface area contributed by atoms with Crippen molar-refractivity contribution < 1.29 is 9.63 Å². The van der Waals surface area contributed by atoms with Gasteiger partial charge in [0.15, 0.2) is 0 Å². The molecule has 2 aromatic carbocycles. The number of hydrogen-bond acceptors (Lipinski definition) is 4. The van der Waals surface area contributed by atoms with Gasteiger partial charge in [-0.2, -0.15) is 5.10 Å². The van der Waals surface area contributed by atoms with Gasteiger partial charge in [-0.25, -0.2) is 4.68 Å². The Labute approximate surface area is 155 Å². The number of amides is 1. The number of anilines is 1. The number of benzene rings is 2. The Morgan fingerprint density at radius 1 is 1.19 bits per heavy atom. The lowest BCUT2D eigenvalue weighted by Crippen LogP contribution is -2.28. The summed E-state index contributed by atoms with van der Waals surface area (Å²) in [6.07, 6.45) is 3.22. The molecule has 0 aliphatic carbocycles. The third kappa shape index (κ3) is 3.32. The van der Waals surface area contributed by atoms with E-state index in [0.717, 1.165) is 11.3 Å². The third-order valence-electron chi connectivity index (χ3n) is 4.03. The van der Waals surface area contributed by atoms with E-state index in [2.05, 4.69) is 15.6 Å². The van der Waals surface area contributed by atoms with Crippen molar-refractivity contribution in [2.75, 3.05) is 5.32 Å². The highest BCUT2D eigenvalue weighted by Crippen LogP contribution is 2.24. The van der Waals surface area contributed by atoms with Crippen LogP contribution in [0.2, 0.25) is 5.02 Å². The molecule has 1 amide bonds. The summed E-state index contributed by atoms with van der Waals surface area (Å²) in [5, 5.41) is 11.7. The lowest BCUT2D eigenvalue weighted by molar-refractivity contribution is -0.125. The van der Waals surface area contributed by atoms with Gasteiger partial charge >= 0.3 is 0 Å². The Kier molecular flexibility index (Phi) is 4.41. The van der Waals surface area contributed by atoms with Crippen molar-refractivity contribution in [2.45, 2.75) is 12.5 Å². The second-order valence-corrected chi connectivity index (χ2v) is 6.21. The molecule has 2 heterocycles. The number of halogens is 1. The zero-order chi connectivity index (χ0) is 17.9. The minimum Gasteiger partial charge on any atom is -0.382 e. The second kappa shape index (κ2) is 7.01. The van der Waals surface area contributed by atoms with Gasteiger partial charge in [0.2, 0.25) is 6.10 Å². The van der Waals surface area contributed by atoms with Crippen LogP contribution in [-0.4, -0.2) is 27.5 Å². The van der Waals surface area contributed by atoms with Crippen LogP contribution in [0, 0.1) is 0 Å². The first-order valence-corrected chi connectivity index (χ1v) is 8.47. The maximum atomic E-state index is 12.5. The average Bonchev–Trinajstić information content (AvgIpc) is 3.35. The standard InChI is InChI=1S/C19H15ClN4O2/c20-16-8-2-1-7-15(16)17-12-18(26-23-17)19(25)22-13-5-3-6-14(11-13)24-10-4-9-21-24/h1-11,18H,12H2,(H,22,25)/t18-/m1/s1. The van der Waals surface area contributed by atoms with Gasteiger partial charge in [-0.1, -0.05) is 41.0 Å². The molecule has 6 nitrogen and oxygen atoms in total. The van der Waals surface area contributed by atoms with E-state index < -0.39 is 6.10 Å². The van der Waals surface area contributed by atoms with Gasteiger partial charge in [0, 0.05) is 35.1 Å². The van der Waals surface area contributed by atoms with Gasteiger partial charge in [0.1, 0.15) is 0 Å². The maximum Gasteiger partial charge on any atom is 0.268 e. The van der Waals surface area contributed by atoms with Crippen LogP contribution in [0.5, 0.6) is 0 Å². The van der Waals surface area contributed by atoms with Crippen molar-refractivity contribution in [2.24, 2.45) is 5.16 Å². The molecule has 0 saturated heterocycles. The molecule has 0 saturated carbocycles. The van der Waals surface area contributed by atoms with Gasteiger partial charge in [0.25, 0.3) is 5.91 Å². The number of carbonyl (C=O) groups is 1. The Bertz CT molecular complexity index is 969. The van der Waals surface area contributed by atoms with Crippen molar-refractivity contribution in [3.05, 3.63) is 77.6 Å². The molecule has 0 bridgehead atoms. The fourth-order valence-electron chi connectivity index (χ4n) is 2.74. The first kappa shape index (κ1) is 16.4. The van der Waals surface area contributed by atoms with Crippen LogP contribution in [0.15, 0.2) is 72.1 Å². The van der Waals surface area contributed by atoms with Crippen LogP contribution in [0.3, 0.4) is 0 Å². The Morgan fingerprint density at radius 3 is 2.88 bits per heavy atom. The summed E-state index contributed by atoms with van der Waals surface area (Å²) in [4.78, 5) is 17.8. The third-order valence-corrected chi connectivity index (χ3v) is 4.36. The molecule has 0 fully saturated rings. The second-order valence-electron chi connectivity index (χ2n) is 5.81. The lowest BCUT2D eigenvalue weighted by Gasteiger charge is -2.11. The van der Waals surface area contributed by atoms with Crippen LogP contribution in [0.1, 0.15) is 12.0 Å². The summed E-state index contributed by atoms with van der Waals surface area (Å²) < 4.78 is 1.72. The zero-order valence-corrected chi connectivity index (χ0v) is 14.4. The normalized spacial score (nSPS) is 16.0. The van der Waals surface area contributed by atoms with Crippen molar-refractivity contribution in [3.8, 4) is 5.69 Å². The molecule has 0 spiro atoms. The Morgan fingerprint density at radius 2 is 2.08 bits per heavy atom. The van der Waals surface area contributed by atoms with Gasteiger partial charge in [-0.3, -0.25) is 4.79 Å². The van der Waals surface area contributed by atoms with E-state index in [9.17, 15) is 4.79 Å². The Hall–Kier alpha value is -3.12. The molecule has 3 aromatic rings. The molecule has 0 radical (unpaired) electrons. The molecular formula is C19H15ClN4O2. The summed E-state index contributed by atoms with van der Waals surface area (Å²) in [6.45, 7) is 0. The van der Waals surface area contributed by atoms with Gasteiger partial charge < -0.3 is 10.2 Å². The fourth-order valence-corrected chi connectivity index (χ4v) is 2.99. The number of nitrogens with zero attached hydrogens (tertiary/aromatic N) is 3. The summed E-state index contributed by atoms with van der Waals surface area (Å²) in [5.41, 5.74) is 2.97. The minimum atomic E-state index is -0.686. The summed E-state index contributed by atoms with van der Waals surface area (Å²) in [7, 11) is 0. The highest BCUT2D eigenvalue weighted by molar-refractivity contribution is 6.34. The van der Waals surface area contributed by atoms with Crippen molar-refractivity contribution in [3.63, 3.8) is 0 Å². The number of hydrogen-bond donors (Lipinski definition) is 1. The molecule has 1 atom stereocenters. The topological polar surface area (TPSA) is 68.5 Å². The molecule has 1 aliphatic heterocycles. The smallest absolute Gasteiger partial charge is 0.268 e. The molecule has 4 rings (SSSR count). The van der Waals surface area contributed by atoms with E-state index >= 15 is 0 Å². The molecule has 1 aromatic heterocycles. The van der Waals surface area contributed by atoms with Gasteiger partial charge in [0.05, 0.1) is 11.4 Å². The lowest BCUT2D eigenvalue weighted by atomic mass is 10.0. The number of aromatic nitrogens is 2. The molecule has 1 aliphatic rings. The van der Waals surface area contributed by atoms with Crippen LogP contribution in [-0.2, 0) is 9.63 Å². The van der Waals surface area contributed by atoms with Crippen LogP contribution in [0.4, 0.5) is 5.69 Å². The monoisotopic (exact) mass is 366 g/mol. The SMILES string of the molecule is O=C(Nc1cccc(-n2cccn2)c1)[C@H]1CC(c2ccccc2Cl)=NO1. The maximum absolute atomic E-state index is 12.5. The number of nitrogens with one attached hydrogen (secondary N) is 1. The van der Waals surface area contributed by atoms with E-state index in [4.69, 9.17) is 16.4 Å². The van der Waals surface area contributed by atoms with E-state index in [1.165, 1.54) is 0 Å². The highest BCUT2D eigenvalue weighted by Gasteiger charge is 2.29. The van der Waals surface area contributed by atoms with E-state index in [1.807, 2.05) is 54.7 Å². The van der Waals surface area contributed by atoms with Gasteiger partial charge in [-0.15, -0.1) is 0 Å². The first-order valence-electron chi connectivity index (χ1n) is 8.09. The quantitative estimate of drug-likeness (QED) is 0.766. The predicted molar refractivity (Wildman–Crippen MR) is 99.7 cm³/mol. The van der Waals surface area contributed by atoms with Crippen molar-refractivity contribution in [1.82, 2.24) is 9.78 Å². The summed E-state index contributed by atoms with van der Waals surface area (Å²) in [5.74, 6) is -0.256. The molecule has 7 heteroatoms. The summed E-state index contributed by atoms with van der Waals surface area (Å²) >= 11 is 6.18. The fraction of sp³-hybridized carbons (Fsp3) is 0.105. The predicted octanol–water partition coefficient (Wildman–Crippen LogP) is 3.66. The van der Waals surface area contributed by atoms with Crippen molar-refractivity contribution in [1.29, 1.82) is 0 Å². The molecular weight excluding hydrogens is 352 g/mol. The first-order chi connectivity index (χ1) is 12.7. The highest BCUT2D eigenvalue weighted by atomic mass is 35.5. The minimum absolute atomic E-state index is 0.256. The van der Waals surface area contributed by atoms with E-state index in [1.54, 1.807) is 16.9 Å². The van der Waals surface area contributed by atoms with Crippen LogP contribution >= 0.6 is 11.6 Å². The van der Waals surface area contributed by atoms with Gasteiger partial charge in [-0.05, 0) is 30.3 Å². The number of rotatable bonds is 4. The van der Waals surface area contributed by atoms with E-state index in [0.29, 0.717) is 22.8 Å². The summed E-state index contributed by atoms with van der Waals surface area (Å²) in [6, 6.07) is 16.6. The number of carbonyl (C=O) groups excluding carboxylic acids is 1. The average molecular weight is 367 g/mol. The largest absolute Gasteiger partial charge is 0.382 e. The van der Waals surface area contributed by atoms with Crippen LogP contribution < -0.4 is 5.32 Å². The molecule has 1 N–H and O–H groups in total. The van der Waals surface area contributed by atoms with E-state index in [-0.39, 0.29) is 5.91 Å². The Balaban J connectivity index is 1.44. The zero-order valence-electron chi connectivity index (χ0n) is 13.7. The molecule has 26 heavy (non-hydrogen) atoms.